The van der Waals surface area contributed by atoms with Crippen molar-refractivity contribution in [2.24, 2.45) is 0 Å². The lowest BCUT2D eigenvalue weighted by atomic mass is 10.0. The SMILES string of the molecule is CCOC(=O)c1c(NC(=S)NC(=O)c2cc(OC)c(OC)c(OC)c2)sc2c1CCN(Cc1ccccc1)C2. The summed E-state index contributed by atoms with van der Waals surface area (Å²) in [6.07, 6.45) is 0.707. The Kier molecular flexibility index (Phi) is 9.39. The number of nitrogens with one attached hydrogen (secondary N) is 2. The van der Waals surface area contributed by atoms with E-state index in [1.54, 1.807) is 6.92 Å². The Hall–Kier alpha value is -3.67. The first-order chi connectivity index (χ1) is 18.9. The number of fused-ring (bicyclic) bond motifs is 1. The molecule has 9 nitrogen and oxygen atoms in total. The highest BCUT2D eigenvalue weighted by atomic mass is 32.1. The number of nitrogens with zero attached hydrogens (tertiary/aromatic N) is 1. The third-order valence-electron chi connectivity index (χ3n) is 6.25. The van der Waals surface area contributed by atoms with E-state index in [1.807, 2.05) is 18.2 Å². The van der Waals surface area contributed by atoms with Crippen LogP contribution in [0.4, 0.5) is 5.00 Å². The van der Waals surface area contributed by atoms with E-state index in [4.69, 9.17) is 31.2 Å². The zero-order valence-corrected chi connectivity index (χ0v) is 23.9. The molecule has 206 valence electrons. The lowest BCUT2D eigenvalue weighted by Crippen LogP contribution is -2.34. The van der Waals surface area contributed by atoms with E-state index in [0.29, 0.717) is 40.8 Å². The molecule has 39 heavy (non-hydrogen) atoms. The minimum Gasteiger partial charge on any atom is -0.493 e. The van der Waals surface area contributed by atoms with E-state index in [2.05, 4.69) is 27.7 Å². The van der Waals surface area contributed by atoms with Gasteiger partial charge in [0.25, 0.3) is 5.91 Å². The van der Waals surface area contributed by atoms with Gasteiger partial charge in [-0.3, -0.25) is 15.0 Å². The third kappa shape index (κ3) is 6.49. The number of ether oxygens (including phenoxy) is 4. The maximum Gasteiger partial charge on any atom is 0.341 e. The molecule has 0 spiro atoms. The first-order valence-corrected chi connectivity index (χ1v) is 13.6. The molecule has 0 radical (unpaired) electrons. The topological polar surface area (TPSA) is 98.4 Å². The molecule has 1 aliphatic rings. The third-order valence-corrected chi connectivity index (χ3v) is 7.58. The van der Waals surface area contributed by atoms with Gasteiger partial charge < -0.3 is 24.3 Å². The summed E-state index contributed by atoms with van der Waals surface area (Å²) >= 11 is 6.91. The van der Waals surface area contributed by atoms with Gasteiger partial charge in [0.1, 0.15) is 5.00 Å². The van der Waals surface area contributed by atoms with Gasteiger partial charge in [-0.05, 0) is 48.8 Å². The quantitative estimate of drug-likeness (QED) is 0.282. The van der Waals surface area contributed by atoms with E-state index in [0.717, 1.165) is 23.5 Å². The van der Waals surface area contributed by atoms with E-state index in [1.165, 1.54) is 50.4 Å². The Labute approximate surface area is 237 Å². The molecule has 0 aliphatic carbocycles. The minimum atomic E-state index is -0.472. The Morgan fingerprint density at radius 3 is 2.36 bits per heavy atom. The molecule has 1 aromatic heterocycles. The fourth-order valence-corrected chi connectivity index (χ4v) is 6.00. The van der Waals surface area contributed by atoms with E-state index < -0.39 is 11.9 Å². The van der Waals surface area contributed by atoms with Crippen molar-refractivity contribution < 1.29 is 28.5 Å². The lowest BCUT2D eigenvalue weighted by molar-refractivity contribution is 0.0526. The molecule has 3 aromatic rings. The predicted molar refractivity (Wildman–Crippen MR) is 154 cm³/mol. The number of rotatable bonds is 9. The Morgan fingerprint density at radius 2 is 1.74 bits per heavy atom. The first-order valence-electron chi connectivity index (χ1n) is 12.4. The maximum atomic E-state index is 13.0. The van der Waals surface area contributed by atoms with Gasteiger partial charge in [0.15, 0.2) is 16.6 Å². The molecular weight excluding hydrogens is 538 g/mol. The van der Waals surface area contributed by atoms with E-state index in [-0.39, 0.29) is 17.3 Å². The van der Waals surface area contributed by atoms with E-state index >= 15 is 0 Å². The Morgan fingerprint density at radius 1 is 1.05 bits per heavy atom. The number of thiocarbonyl (C=S) groups is 1. The highest BCUT2D eigenvalue weighted by Crippen LogP contribution is 2.39. The van der Waals surface area contributed by atoms with Crippen LogP contribution in [0.2, 0.25) is 0 Å². The average molecular weight is 570 g/mol. The van der Waals surface area contributed by atoms with Crippen molar-refractivity contribution in [3.8, 4) is 17.2 Å². The van der Waals surface area contributed by atoms with Crippen LogP contribution >= 0.6 is 23.6 Å². The number of hydrogen-bond acceptors (Lipinski definition) is 9. The van der Waals surface area contributed by atoms with Crippen LogP contribution in [0.15, 0.2) is 42.5 Å². The van der Waals surface area contributed by atoms with Crippen molar-refractivity contribution in [1.29, 1.82) is 0 Å². The summed E-state index contributed by atoms with van der Waals surface area (Å²) in [6, 6.07) is 13.4. The van der Waals surface area contributed by atoms with Crippen LogP contribution in [0, 0.1) is 0 Å². The van der Waals surface area contributed by atoms with Crippen molar-refractivity contribution in [3.05, 3.63) is 69.6 Å². The number of benzene rings is 2. The van der Waals surface area contributed by atoms with Gasteiger partial charge in [-0.1, -0.05) is 30.3 Å². The molecule has 0 saturated carbocycles. The molecule has 11 heteroatoms. The van der Waals surface area contributed by atoms with Crippen LogP contribution in [0.1, 0.15) is 43.6 Å². The summed E-state index contributed by atoms with van der Waals surface area (Å²) in [5.41, 5.74) is 2.93. The molecule has 0 saturated heterocycles. The van der Waals surface area contributed by atoms with Gasteiger partial charge in [-0.25, -0.2) is 4.79 Å². The average Bonchev–Trinajstić information content (AvgIpc) is 3.29. The summed E-state index contributed by atoms with van der Waals surface area (Å²) < 4.78 is 21.4. The predicted octanol–water partition coefficient (Wildman–Crippen LogP) is 4.64. The van der Waals surface area contributed by atoms with Crippen LogP contribution in [0.25, 0.3) is 0 Å². The maximum absolute atomic E-state index is 13.0. The van der Waals surface area contributed by atoms with Crippen molar-refractivity contribution in [2.75, 3.05) is 39.8 Å². The summed E-state index contributed by atoms with van der Waals surface area (Å²) in [5, 5.41) is 6.35. The molecule has 1 aliphatic heterocycles. The summed E-state index contributed by atoms with van der Waals surface area (Å²) in [5.74, 6) is 0.183. The van der Waals surface area contributed by atoms with Gasteiger partial charge in [0.2, 0.25) is 5.75 Å². The van der Waals surface area contributed by atoms with Crippen LogP contribution in [-0.4, -0.2) is 56.4 Å². The molecule has 0 fully saturated rings. The smallest absolute Gasteiger partial charge is 0.341 e. The minimum absolute atomic E-state index is 0.0547. The lowest BCUT2D eigenvalue weighted by Gasteiger charge is -2.27. The number of hydrogen-bond donors (Lipinski definition) is 2. The summed E-state index contributed by atoms with van der Waals surface area (Å²) in [6.45, 7) is 4.36. The largest absolute Gasteiger partial charge is 0.493 e. The molecule has 2 N–H and O–H groups in total. The van der Waals surface area contributed by atoms with Crippen molar-refractivity contribution in [1.82, 2.24) is 10.2 Å². The van der Waals surface area contributed by atoms with Crippen LogP contribution in [0.3, 0.4) is 0 Å². The van der Waals surface area contributed by atoms with Crippen LogP contribution < -0.4 is 24.8 Å². The standard InChI is InChI=1S/C28H31N3O6S2/c1-5-37-27(33)23-19-11-12-31(15-17-9-7-6-8-10-17)16-22(19)39-26(23)30-28(38)29-25(32)18-13-20(34-2)24(36-4)21(14-18)35-3/h6-10,13-14H,5,11-12,15-16H2,1-4H3,(H2,29,30,32,38). The number of carbonyl (C=O) groups is 2. The van der Waals surface area contributed by atoms with Gasteiger partial charge in [0.05, 0.1) is 33.5 Å². The highest BCUT2D eigenvalue weighted by molar-refractivity contribution is 7.80. The van der Waals surface area contributed by atoms with Crippen LogP contribution in [0.5, 0.6) is 17.2 Å². The second-order valence-corrected chi connectivity index (χ2v) is 10.2. The second-order valence-electron chi connectivity index (χ2n) is 8.70. The van der Waals surface area contributed by atoms with Crippen LogP contribution in [-0.2, 0) is 24.2 Å². The molecule has 0 unspecified atom stereocenters. The molecule has 0 bridgehead atoms. The van der Waals surface area contributed by atoms with Crippen molar-refractivity contribution in [3.63, 3.8) is 0 Å². The number of carbonyl (C=O) groups excluding carboxylic acids is 2. The Balaban J connectivity index is 1.53. The van der Waals surface area contributed by atoms with Gasteiger partial charge in [-0.2, -0.15) is 0 Å². The Bertz CT molecular complexity index is 1330. The number of methoxy groups -OCH3 is 3. The first kappa shape index (κ1) is 28.3. The second kappa shape index (κ2) is 12.9. The highest BCUT2D eigenvalue weighted by Gasteiger charge is 2.29. The fourth-order valence-electron chi connectivity index (χ4n) is 4.46. The zero-order valence-electron chi connectivity index (χ0n) is 22.3. The van der Waals surface area contributed by atoms with Gasteiger partial charge >= 0.3 is 5.97 Å². The molecule has 4 rings (SSSR count). The summed E-state index contributed by atoms with van der Waals surface area (Å²) in [4.78, 5) is 29.4. The molecule has 2 aromatic carbocycles. The molecule has 0 atom stereocenters. The normalized spacial score (nSPS) is 12.7. The zero-order chi connectivity index (χ0) is 27.9. The fraction of sp³-hybridized carbons (Fsp3) is 0.321. The number of thiophene rings is 1. The van der Waals surface area contributed by atoms with Crippen molar-refractivity contribution in [2.45, 2.75) is 26.4 Å². The molecule has 2 heterocycles. The molecular formula is C28H31N3O6S2. The summed E-state index contributed by atoms with van der Waals surface area (Å²) in [7, 11) is 4.44. The molecule has 1 amide bonds. The number of amides is 1. The van der Waals surface area contributed by atoms with E-state index in [9.17, 15) is 9.59 Å². The monoisotopic (exact) mass is 569 g/mol. The number of anilines is 1. The van der Waals surface area contributed by atoms with Crippen molar-refractivity contribution >= 4 is 45.5 Å². The number of esters is 1. The van der Waals surface area contributed by atoms with Gasteiger partial charge in [-0.15, -0.1) is 11.3 Å². The van der Waals surface area contributed by atoms with Gasteiger partial charge in [0, 0.05) is 30.1 Å².